The predicted molar refractivity (Wildman–Crippen MR) is 117 cm³/mol. The highest BCUT2D eigenvalue weighted by Crippen LogP contribution is 2.23. The summed E-state index contributed by atoms with van der Waals surface area (Å²) in [5, 5.41) is 9.90. The van der Waals surface area contributed by atoms with Crippen LogP contribution >= 0.6 is 15.9 Å². The first-order valence-corrected chi connectivity index (χ1v) is 9.73. The summed E-state index contributed by atoms with van der Waals surface area (Å²) in [6.07, 6.45) is 4.88. The van der Waals surface area contributed by atoms with Gasteiger partial charge >= 0.3 is 0 Å². The van der Waals surface area contributed by atoms with Gasteiger partial charge in [0.15, 0.2) is 0 Å². The Kier molecular flexibility index (Phi) is 6.84. The Bertz CT molecular complexity index is 914. The van der Waals surface area contributed by atoms with Gasteiger partial charge in [0.2, 0.25) is 0 Å². The lowest BCUT2D eigenvalue weighted by Gasteiger charge is -2.28. The molecule has 0 aliphatic carbocycles. The lowest BCUT2D eigenvalue weighted by molar-refractivity contribution is 0.725. The average Bonchev–Trinajstić information content (AvgIpc) is 2.72. The summed E-state index contributed by atoms with van der Waals surface area (Å²) in [5.74, 6) is 0. The fourth-order valence-corrected chi connectivity index (χ4v) is 3.44. The number of nitriles is 1. The van der Waals surface area contributed by atoms with E-state index in [1.165, 1.54) is 0 Å². The van der Waals surface area contributed by atoms with Gasteiger partial charge in [-0.2, -0.15) is 5.26 Å². The monoisotopic (exact) mass is 416 g/mol. The third kappa shape index (κ3) is 5.32. The molecule has 0 heterocycles. The van der Waals surface area contributed by atoms with E-state index in [1.54, 1.807) is 0 Å². The van der Waals surface area contributed by atoms with Gasteiger partial charge in [-0.25, -0.2) is 0 Å². The third-order valence-electron chi connectivity index (χ3n) is 4.40. The van der Waals surface area contributed by atoms with Crippen molar-refractivity contribution in [3.8, 4) is 6.07 Å². The maximum atomic E-state index is 9.90. The highest BCUT2D eigenvalue weighted by molar-refractivity contribution is 9.10. The summed E-state index contributed by atoms with van der Waals surface area (Å²) < 4.78 is 1.04. The van der Waals surface area contributed by atoms with Gasteiger partial charge in [0, 0.05) is 23.1 Å². The van der Waals surface area contributed by atoms with Gasteiger partial charge in [0.05, 0.1) is 6.07 Å². The van der Waals surface area contributed by atoms with Crippen molar-refractivity contribution >= 4 is 27.7 Å². The molecule has 3 rings (SSSR count). The van der Waals surface area contributed by atoms with Gasteiger partial charge < -0.3 is 4.90 Å². The molecule has 0 saturated heterocycles. The second-order valence-electron chi connectivity index (χ2n) is 6.24. The van der Waals surface area contributed by atoms with Crippen molar-refractivity contribution in [2.75, 3.05) is 11.4 Å². The molecular weight excluding hydrogens is 396 g/mol. The topological polar surface area (TPSA) is 27.0 Å². The summed E-state index contributed by atoms with van der Waals surface area (Å²) in [5.41, 5.74) is 3.34. The molecule has 0 fully saturated rings. The molecule has 134 valence electrons. The molecule has 0 bridgehead atoms. The molecule has 1 atom stereocenters. The quantitative estimate of drug-likeness (QED) is 0.464. The zero-order chi connectivity index (χ0) is 18.9. The molecule has 0 aliphatic heterocycles. The molecule has 0 spiro atoms. The average molecular weight is 417 g/mol. The van der Waals surface area contributed by atoms with Crippen molar-refractivity contribution in [1.29, 1.82) is 5.26 Å². The van der Waals surface area contributed by atoms with Crippen molar-refractivity contribution in [3.63, 3.8) is 0 Å². The van der Waals surface area contributed by atoms with Gasteiger partial charge in [0.1, 0.15) is 6.04 Å². The number of anilines is 1. The van der Waals surface area contributed by atoms with Crippen molar-refractivity contribution in [2.45, 2.75) is 12.5 Å². The summed E-state index contributed by atoms with van der Waals surface area (Å²) >= 11 is 3.60. The molecule has 0 radical (unpaired) electrons. The van der Waals surface area contributed by atoms with Crippen LogP contribution in [0.15, 0.2) is 95.5 Å². The number of halogens is 1. The lowest BCUT2D eigenvalue weighted by Crippen LogP contribution is -2.36. The molecule has 0 aromatic heterocycles. The number of rotatable bonds is 7. The SMILES string of the molecule is N#CC(Cc1ccccc1Br)N(C/C=C/c1ccccc1)c1ccccc1. The third-order valence-corrected chi connectivity index (χ3v) is 5.17. The first-order valence-electron chi connectivity index (χ1n) is 8.94. The molecule has 27 heavy (non-hydrogen) atoms. The molecule has 3 aromatic rings. The van der Waals surface area contributed by atoms with Gasteiger partial charge in [-0.1, -0.05) is 94.8 Å². The smallest absolute Gasteiger partial charge is 0.121 e. The molecule has 0 saturated carbocycles. The first-order chi connectivity index (χ1) is 13.3. The zero-order valence-electron chi connectivity index (χ0n) is 15.0. The Morgan fingerprint density at radius 2 is 1.52 bits per heavy atom. The van der Waals surface area contributed by atoms with Crippen LogP contribution in [0.4, 0.5) is 5.69 Å². The summed E-state index contributed by atoms with van der Waals surface area (Å²) in [6, 6.07) is 30.7. The molecule has 0 N–H and O–H groups in total. The zero-order valence-corrected chi connectivity index (χ0v) is 16.6. The lowest BCUT2D eigenvalue weighted by atomic mass is 10.0. The summed E-state index contributed by atoms with van der Waals surface area (Å²) in [6.45, 7) is 0.668. The van der Waals surface area contributed by atoms with Crippen molar-refractivity contribution in [2.24, 2.45) is 0 Å². The van der Waals surface area contributed by atoms with Crippen LogP contribution in [0.25, 0.3) is 6.08 Å². The minimum absolute atomic E-state index is 0.258. The largest absolute Gasteiger partial charge is 0.352 e. The Balaban J connectivity index is 1.83. The van der Waals surface area contributed by atoms with E-state index in [2.05, 4.69) is 69.4 Å². The fraction of sp³-hybridized carbons (Fsp3) is 0.125. The number of benzene rings is 3. The normalized spacial score (nSPS) is 11.9. The number of hydrogen-bond donors (Lipinski definition) is 0. The minimum atomic E-state index is -0.258. The Morgan fingerprint density at radius 3 is 2.19 bits per heavy atom. The van der Waals surface area contributed by atoms with Crippen LogP contribution in [-0.2, 0) is 6.42 Å². The Labute approximate surface area is 169 Å². The molecule has 0 aliphatic rings. The molecule has 3 aromatic carbocycles. The van der Waals surface area contributed by atoms with E-state index >= 15 is 0 Å². The van der Waals surface area contributed by atoms with Crippen LogP contribution in [0, 0.1) is 11.3 Å². The van der Waals surface area contributed by atoms with Crippen LogP contribution in [0.3, 0.4) is 0 Å². The van der Waals surface area contributed by atoms with Gasteiger partial charge in [-0.05, 0) is 29.3 Å². The number of nitrogens with zero attached hydrogens (tertiary/aromatic N) is 2. The van der Waals surface area contributed by atoms with E-state index in [9.17, 15) is 5.26 Å². The predicted octanol–water partition coefficient (Wildman–Crippen LogP) is 6.10. The van der Waals surface area contributed by atoms with Crippen LogP contribution in [0.2, 0.25) is 0 Å². The highest BCUT2D eigenvalue weighted by atomic mass is 79.9. The van der Waals surface area contributed by atoms with E-state index < -0.39 is 0 Å². The van der Waals surface area contributed by atoms with E-state index in [4.69, 9.17) is 0 Å². The van der Waals surface area contributed by atoms with Gasteiger partial charge in [-0.15, -0.1) is 0 Å². The van der Waals surface area contributed by atoms with E-state index in [-0.39, 0.29) is 6.04 Å². The molecular formula is C24H21BrN2. The second-order valence-corrected chi connectivity index (χ2v) is 7.10. The maximum Gasteiger partial charge on any atom is 0.121 e. The Hall–Kier alpha value is -2.83. The van der Waals surface area contributed by atoms with Crippen LogP contribution in [0.1, 0.15) is 11.1 Å². The summed E-state index contributed by atoms with van der Waals surface area (Å²) in [7, 11) is 0. The van der Waals surface area contributed by atoms with E-state index in [0.717, 1.165) is 21.3 Å². The first kappa shape index (κ1) is 18.9. The van der Waals surface area contributed by atoms with Crippen LogP contribution < -0.4 is 4.90 Å². The van der Waals surface area contributed by atoms with Crippen LogP contribution in [0.5, 0.6) is 0 Å². The molecule has 2 nitrogen and oxygen atoms in total. The maximum absolute atomic E-state index is 9.90. The van der Waals surface area contributed by atoms with Crippen molar-refractivity contribution in [1.82, 2.24) is 0 Å². The standard InChI is InChI=1S/C24H21BrN2/c25-24-16-8-7-13-21(24)18-23(19-26)27(22-14-5-2-6-15-22)17-9-12-20-10-3-1-4-11-20/h1-16,23H,17-18H2/b12-9+. The number of para-hydroxylation sites is 1. The second kappa shape index (κ2) is 9.75. The minimum Gasteiger partial charge on any atom is -0.352 e. The molecule has 0 amide bonds. The van der Waals surface area contributed by atoms with E-state index in [0.29, 0.717) is 13.0 Å². The van der Waals surface area contributed by atoms with Gasteiger partial charge in [0.25, 0.3) is 0 Å². The van der Waals surface area contributed by atoms with Crippen molar-refractivity contribution in [3.05, 3.63) is 107 Å². The fourth-order valence-electron chi connectivity index (χ4n) is 3.00. The highest BCUT2D eigenvalue weighted by Gasteiger charge is 2.19. The number of hydrogen-bond acceptors (Lipinski definition) is 2. The summed E-state index contributed by atoms with van der Waals surface area (Å²) in [4.78, 5) is 2.15. The molecule has 1 unspecified atom stereocenters. The Morgan fingerprint density at radius 1 is 0.889 bits per heavy atom. The van der Waals surface area contributed by atoms with E-state index in [1.807, 2.05) is 54.6 Å². The van der Waals surface area contributed by atoms with Crippen molar-refractivity contribution < 1.29 is 0 Å². The van der Waals surface area contributed by atoms with Crippen LogP contribution in [-0.4, -0.2) is 12.6 Å². The van der Waals surface area contributed by atoms with Gasteiger partial charge in [-0.3, -0.25) is 0 Å². The molecule has 3 heteroatoms.